The number of carbonyl (C=O) groups excluding carboxylic acids is 4. The van der Waals surface area contributed by atoms with Crippen molar-refractivity contribution < 1.29 is 28.7 Å². The Morgan fingerprint density at radius 3 is 2.59 bits per heavy atom. The van der Waals surface area contributed by atoms with E-state index in [1.54, 1.807) is 29.2 Å². The summed E-state index contributed by atoms with van der Waals surface area (Å²) in [6.07, 6.45) is 0.0934. The third-order valence-corrected chi connectivity index (χ3v) is 7.01. The maximum absolute atomic E-state index is 13.4. The lowest BCUT2D eigenvalue weighted by atomic mass is 10.0. The molecule has 0 radical (unpaired) electrons. The molecule has 3 N–H and O–H groups in total. The summed E-state index contributed by atoms with van der Waals surface area (Å²) in [7, 11) is 0. The van der Waals surface area contributed by atoms with E-state index in [-0.39, 0.29) is 43.6 Å². The van der Waals surface area contributed by atoms with Crippen molar-refractivity contribution in [3.05, 3.63) is 59.2 Å². The zero-order chi connectivity index (χ0) is 29.9. The number of hydrogen-bond acceptors (Lipinski definition) is 6. The second kappa shape index (κ2) is 15.1. The molecule has 0 fully saturated rings. The number of benzene rings is 2. The molecule has 0 aliphatic carbocycles. The number of likely N-dealkylation sites (N-methyl/N-ethyl adjacent to an activating group) is 1. The van der Waals surface area contributed by atoms with E-state index in [2.05, 4.69) is 16.0 Å². The largest absolute Gasteiger partial charge is 0.491 e. The first-order valence-electron chi connectivity index (χ1n) is 14.2. The lowest BCUT2D eigenvalue weighted by molar-refractivity contribution is -0.137. The van der Waals surface area contributed by atoms with Crippen molar-refractivity contribution in [3.8, 4) is 11.5 Å². The Balaban J connectivity index is 1.79. The predicted octanol–water partition coefficient (Wildman–Crippen LogP) is 2.76. The zero-order valence-electron chi connectivity index (χ0n) is 24.6. The van der Waals surface area contributed by atoms with Gasteiger partial charge < -0.3 is 30.3 Å². The second-order valence-electron chi connectivity index (χ2n) is 10.6. The first kappa shape index (κ1) is 31.4. The molecule has 2 atom stereocenters. The summed E-state index contributed by atoms with van der Waals surface area (Å²) in [4.78, 5) is 54.7. The van der Waals surface area contributed by atoms with E-state index in [9.17, 15) is 19.2 Å². The Kier molecular flexibility index (Phi) is 11.6. The summed E-state index contributed by atoms with van der Waals surface area (Å²) in [6.45, 7) is 11.0. The molecule has 41 heavy (non-hydrogen) atoms. The molecule has 0 saturated carbocycles. The fraction of sp³-hybridized carbons (Fsp3) is 0.484. The van der Waals surface area contributed by atoms with Gasteiger partial charge in [-0.15, -0.1) is 0 Å². The van der Waals surface area contributed by atoms with E-state index in [0.29, 0.717) is 25.3 Å². The van der Waals surface area contributed by atoms with Gasteiger partial charge in [-0.05, 0) is 62.4 Å². The van der Waals surface area contributed by atoms with Gasteiger partial charge >= 0.3 is 0 Å². The number of para-hydroxylation sites is 1. The third kappa shape index (κ3) is 8.96. The Morgan fingerprint density at radius 1 is 1.10 bits per heavy atom. The fourth-order valence-electron chi connectivity index (χ4n) is 4.61. The van der Waals surface area contributed by atoms with Crippen molar-refractivity contribution in [1.29, 1.82) is 0 Å². The topological polar surface area (TPSA) is 126 Å². The molecule has 2 aromatic rings. The average molecular weight is 567 g/mol. The minimum atomic E-state index is -1.18. The Bertz CT molecular complexity index is 1230. The van der Waals surface area contributed by atoms with Crippen LogP contribution in [0.4, 0.5) is 0 Å². The minimum Gasteiger partial charge on any atom is -0.491 e. The van der Waals surface area contributed by atoms with E-state index < -0.39 is 29.8 Å². The summed E-state index contributed by atoms with van der Waals surface area (Å²) in [5, 5.41) is 8.26. The van der Waals surface area contributed by atoms with Crippen molar-refractivity contribution in [2.75, 3.05) is 32.8 Å². The number of amides is 4. The van der Waals surface area contributed by atoms with Crippen LogP contribution in [0.25, 0.3) is 0 Å². The quantitative estimate of drug-likeness (QED) is 0.422. The van der Waals surface area contributed by atoms with Gasteiger partial charge in [-0.3, -0.25) is 19.2 Å². The van der Waals surface area contributed by atoms with E-state index >= 15 is 0 Å². The SMILES string of the molecule is CCN1CCOc2ccccc2C(=O)N[C@H](C(=O)NCCOc2cccc(C)c2C)CC(=O)N[C@@H](CC(C)C)C1=O. The molecule has 0 bridgehead atoms. The molecular weight excluding hydrogens is 524 g/mol. The lowest BCUT2D eigenvalue weighted by Gasteiger charge is -2.29. The summed E-state index contributed by atoms with van der Waals surface area (Å²) in [5.74, 6) is -0.602. The van der Waals surface area contributed by atoms with Crippen LogP contribution in [-0.4, -0.2) is 73.5 Å². The van der Waals surface area contributed by atoms with Gasteiger partial charge in [-0.2, -0.15) is 0 Å². The van der Waals surface area contributed by atoms with E-state index in [1.165, 1.54) is 0 Å². The van der Waals surface area contributed by atoms with E-state index in [0.717, 1.165) is 16.9 Å². The van der Waals surface area contributed by atoms with Crippen LogP contribution in [0.15, 0.2) is 42.5 Å². The van der Waals surface area contributed by atoms with Gasteiger partial charge in [0.2, 0.25) is 17.7 Å². The van der Waals surface area contributed by atoms with Gasteiger partial charge in [0, 0.05) is 6.54 Å². The highest BCUT2D eigenvalue weighted by Crippen LogP contribution is 2.21. The Hall–Kier alpha value is -4.08. The van der Waals surface area contributed by atoms with Crippen molar-refractivity contribution >= 4 is 23.6 Å². The predicted molar refractivity (Wildman–Crippen MR) is 156 cm³/mol. The molecule has 1 heterocycles. The molecule has 10 heteroatoms. The van der Waals surface area contributed by atoms with Crippen LogP contribution >= 0.6 is 0 Å². The van der Waals surface area contributed by atoms with Crippen LogP contribution in [0.5, 0.6) is 11.5 Å². The summed E-state index contributed by atoms with van der Waals surface area (Å²) in [6, 6.07) is 10.5. The number of ether oxygens (including phenoxy) is 2. The van der Waals surface area contributed by atoms with Crippen molar-refractivity contribution in [2.24, 2.45) is 5.92 Å². The summed E-state index contributed by atoms with van der Waals surface area (Å²) in [5.41, 5.74) is 2.34. The number of nitrogens with zero attached hydrogens (tertiary/aromatic N) is 1. The number of hydrogen-bond donors (Lipinski definition) is 3. The standard InChI is InChI=1S/C31H42N4O6/c1-6-35-15-17-41-27-12-8-7-11-23(27)29(37)34-24(19-28(36)33-25(31(35)39)18-20(2)3)30(38)32-14-16-40-26-13-9-10-21(4)22(26)5/h7-13,20,24-25H,6,14-19H2,1-5H3,(H,32,38)(H,33,36)(H,34,37)/t24-,25-/m0/s1. The molecule has 2 aromatic carbocycles. The molecule has 3 rings (SSSR count). The minimum absolute atomic E-state index is 0.140. The number of rotatable bonds is 8. The molecule has 0 spiro atoms. The van der Waals surface area contributed by atoms with Gasteiger partial charge in [0.25, 0.3) is 5.91 Å². The van der Waals surface area contributed by atoms with Crippen molar-refractivity contribution in [3.63, 3.8) is 0 Å². The maximum Gasteiger partial charge on any atom is 0.255 e. The van der Waals surface area contributed by atoms with Gasteiger partial charge in [-0.25, -0.2) is 0 Å². The van der Waals surface area contributed by atoms with Crippen LogP contribution in [0.2, 0.25) is 0 Å². The Labute approximate surface area is 242 Å². The highest BCUT2D eigenvalue weighted by atomic mass is 16.5. The van der Waals surface area contributed by atoms with Crippen LogP contribution in [0.3, 0.4) is 0 Å². The third-order valence-electron chi connectivity index (χ3n) is 7.01. The van der Waals surface area contributed by atoms with E-state index in [1.807, 2.05) is 52.8 Å². The lowest BCUT2D eigenvalue weighted by Crippen LogP contribution is -2.53. The van der Waals surface area contributed by atoms with Gasteiger partial charge in [0.1, 0.15) is 36.8 Å². The molecule has 4 amide bonds. The normalized spacial score (nSPS) is 18.5. The summed E-state index contributed by atoms with van der Waals surface area (Å²) >= 11 is 0. The highest BCUT2D eigenvalue weighted by molar-refractivity contribution is 6.01. The highest BCUT2D eigenvalue weighted by Gasteiger charge is 2.30. The molecule has 10 nitrogen and oxygen atoms in total. The number of carbonyl (C=O) groups is 4. The smallest absolute Gasteiger partial charge is 0.255 e. The average Bonchev–Trinajstić information content (AvgIpc) is 2.93. The van der Waals surface area contributed by atoms with Crippen LogP contribution in [-0.2, 0) is 14.4 Å². The maximum atomic E-state index is 13.4. The van der Waals surface area contributed by atoms with Crippen molar-refractivity contribution in [1.82, 2.24) is 20.9 Å². The molecule has 1 aliphatic rings. The molecule has 1 aliphatic heterocycles. The van der Waals surface area contributed by atoms with Crippen LogP contribution < -0.4 is 25.4 Å². The fourth-order valence-corrected chi connectivity index (χ4v) is 4.61. The number of nitrogens with one attached hydrogen (secondary N) is 3. The van der Waals surface area contributed by atoms with Crippen molar-refractivity contribution in [2.45, 2.75) is 59.5 Å². The Morgan fingerprint density at radius 2 is 1.85 bits per heavy atom. The van der Waals surface area contributed by atoms with Crippen LogP contribution in [0, 0.1) is 19.8 Å². The monoisotopic (exact) mass is 566 g/mol. The number of aryl methyl sites for hydroxylation is 1. The van der Waals surface area contributed by atoms with Gasteiger partial charge in [-0.1, -0.05) is 38.1 Å². The van der Waals surface area contributed by atoms with Gasteiger partial charge in [0.15, 0.2) is 0 Å². The van der Waals surface area contributed by atoms with E-state index in [4.69, 9.17) is 9.47 Å². The van der Waals surface area contributed by atoms with Crippen LogP contribution in [0.1, 0.15) is 55.1 Å². The van der Waals surface area contributed by atoms with Gasteiger partial charge in [0.05, 0.1) is 25.1 Å². The molecule has 0 unspecified atom stereocenters. The molecular formula is C31H42N4O6. The molecule has 222 valence electrons. The molecule has 0 aromatic heterocycles. The second-order valence-corrected chi connectivity index (χ2v) is 10.6. The zero-order valence-corrected chi connectivity index (χ0v) is 24.6. The summed E-state index contributed by atoms with van der Waals surface area (Å²) < 4.78 is 11.7. The number of fused-ring (bicyclic) bond motifs is 1. The molecule has 0 saturated heterocycles. The first-order valence-corrected chi connectivity index (χ1v) is 14.2. The first-order chi connectivity index (χ1) is 19.6.